The molecular weight excluding hydrogens is 268 g/mol. The van der Waals surface area contributed by atoms with E-state index in [1.807, 2.05) is 6.92 Å². The molecule has 100 valence electrons. The fraction of sp³-hybridized carbons (Fsp3) is 0.143. The molecule has 0 bridgehead atoms. The number of hydrogen-bond donors (Lipinski definition) is 1. The number of anilines is 1. The first-order chi connectivity index (χ1) is 8.95. The molecule has 2 aromatic carbocycles. The van der Waals surface area contributed by atoms with E-state index < -0.39 is 16.6 Å². The molecule has 0 spiro atoms. The Labute approximate surface area is 112 Å². The third kappa shape index (κ3) is 3.38. The van der Waals surface area contributed by atoms with Gasteiger partial charge in [-0.2, -0.15) is 0 Å². The highest BCUT2D eigenvalue weighted by atomic mass is 32.2. The molecule has 2 rings (SSSR count). The van der Waals surface area contributed by atoms with Gasteiger partial charge in [-0.25, -0.2) is 8.78 Å². The predicted molar refractivity (Wildman–Crippen MR) is 72.1 cm³/mol. The largest absolute Gasteiger partial charge is 0.399 e. The lowest BCUT2D eigenvalue weighted by Gasteiger charge is -2.07. The van der Waals surface area contributed by atoms with Gasteiger partial charge in [0.1, 0.15) is 11.6 Å². The summed E-state index contributed by atoms with van der Waals surface area (Å²) in [4.78, 5) is 0.307. The number of halogens is 2. The van der Waals surface area contributed by atoms with Crippen molar-refractivity contribution in [2.24, 2.45) is 0 Å². The molecule has 2 aromatic rings. The van der Waals surface area contributed by atoms with Gasteiger partial charge < -0.3 is 5.73 Å². The number of aryl methyl sites for hydroxylation is 1. The average molecular weight is 281 g/mol. The summed E-state index contributed by atoms with van der Waals surface area (Å²) >= 11 is 0. The second-order valence-electron chi connectivity index (χ2n) is 4.28. The van der Waals surface area contributed by atoms with Gasteiger partial charge in [-0.15, -0.1) is 0 Å². The highest BCUT2D eigenvalue weighted by Crippen LogP contribution is 2.19. The summed E-state index contributed by atoms with van der Waals surface area (Å²) in [5.41, 5.74) is 7.22. The Hall–Kier alpha value is -1.75. The van der Waals surface area contributed by atoms with Gasteiger partial charge in [-0.3, -0.25) is 4.21 Å². The molecule has 0 aliphatic heterocycles. The second kappa shape index (κ2) is 5.48. The van der Waals surface area contributed by atoms with Crippen LogP contribution >= 0.6 is 0 Å². The molecular formula is C14H13F2NOS. The third-order valence-electron chi connectivity index (χ3n) is 2.75. The molecule has 0 aromatic heterocycles. The van der Waals surface area contributed by atoms with Crippen molar-refractivity contribution >= 4 is 16.5 Å². The monoisotopic (exact) mass is 281 g/mol. The lowest BCUT2D eigenvalue weighted by Crippen LogP contribution is -2.01. The molecule has 0 aliphatic carbocycles. The van der Waals surface area contributed by atoms with Crippen LogP contribution in [0.15, 0.2) is 41.3 Å². The second-order valence-corrected chi connectivity index (χ2v) is 5.73. The summed E-state index contributed by atoms with van der Waals surface area (Å²) in [6.45, 7) is 1.81. The van der Waals surface area contributed by atoms with Gasteiger partial charge in [0.05, 0.1) is 16.6 Å². The Kier molecular flexibility index (Phi) is 3.95. The molecule has 1 unspecified atom stereocenters. The fourth-order valence-corrected chi connectivity index (χ4v) is 3.01. The van der Waals surface area contributed by atoms with Crippen molar-refractivity contribution in [2.45, 2.75) is 17.6 Å². The molecule has 0 fully saturated rings. The summed E-state index contributed by atoms with van der Waals surface area (Å²) in [5.74, 6) is -0.775. The van der Waals surface area contributed by atoms with Gasteiger partial charge in [0.2, 0.25) is 0 Å². The van der Waals surface area contributed by atoms with Crippen LogP contribution in [0.1, 0.15) is 11.1 Å². The molecule has 0 aliphatic rings. The smallest absolute Gasteiger partial charge is 0.126 e. The van der Waals surface area contributed by atoms with Crippen LogP contribution in [-0.2, 0) is 16.6 Å². The van der Waals surface area contributed by atoms with Gasteiger partial charge >= 0.3 is 0 Å². The van der Waals surface area contributed by atoms with E-state index in [9.17, 15) is 13.0 Å². The van der Waals surface area contributed by atoms with Crippen molar-refractivity contribution in [1.29, 1.82) is 0 Å². The quantitative estimate of drug-likeness (QED) is 0.878. The lowest BCUT2D eigenvalue weighted by atomic mass is 10.1. The standard InChI is InChI=1S/C14H13F2NOS/c1-9-2-3-11(15)4-10(9)8-19(18)14-6-12(16)5-13(17)7-14/h2-7H,8,17H2,1H3. The van der Waals surface area contributed by atoms with Crippen molar-refractivity contribution in [3.63, 3.8) is 0 Å². The highest BCUT2D eigenvalue weighted by Gasteiger charge is 2.10. The Bertz CT molecular complexity index is 623. The Morgan fingerprint density at radius 3 is 2.53 bits per heavy atom. The SMILES string of the molecule is Cc1ccc(F)cc1CS(=O)c1cc(N)cc(F)c1. The van der Waals surface area contributed by atoms with Gasteiger partial charge in [0.15, 0.2) is 0 Å². The van der Waals surface area contributed by atoms with Crippen LogP contribution in [0.3, 0.4) is 0 Å². The van der Waals surface area contributed by atoms with E-state index in [1.165, 1.54) is 24.3 Å². The first-order valence-electron chi connectivity index (χ1n) is 5.65. The molecule has 0 radical (unpaired) electrons. The van der Waals surface area contributed by atoms with Crippen LogP contribution in [0.4, 0.5) is 14.5 Å². The maximum atomic E-state index is 13.2. The zero-order valence-electron chi connectivity index (χ0n) is 10.3. The van der Waals surface area contributed by atoms with E-state index in [4.69, 9.17) is 5.73 Å². The van der Waals surface area contributed by atoms with E-state index >= 15 is 0 Å². The van der Waals surface area contributed by atoms with E-state index in [0.29, 0.717) is 10.5 Å². The summed E-state index contributed by atoms with van der Waals surface area (Å²) < 4.78 is 38.5. The third-order valence-corrected chi connectivity index (χ3v) is 4.09. The van der Waals surface area contributed by atoms with Crippen LogP contribution < -0.4 is 5.73 Å². The van der Waals surface area contributed by atoms with Gasteiger partial charge in [-0.1, -0.05) is 6.07 Å². The summed E-state index contributed by atoms with van der Waals surface area (Å²) in [6, 6.07) is 8.13. The van der Waals surface area contributed by atoms with Crippen LogP contribution in [0.25, 0.3) is 0 Å². The summed E-state index contributed by atoms with van der Waals surface area (Å²) in [6.07, 6.45) is 0. The predicted octanol–water partition coefficient (Wildman–Crippen LogP) is 3.16. The van der Waals surface area contributed by atoms with Crippen molar-refractivity contribution in [1.82, 2.24) is 0 Å². The van der Waals surface area contributed by atoms with Crippen LogP contribution in [0, 0.1) is 18.6 Å². The maximum Gasteiger partial charge on any atom is 0.126 e. The first-order valence-corrected chi connectivity index (χ1v) is 6.97. The molecule has 5 heteroatoms. The van der Waals surface area contributed by atoms with Gasteiger partial charge in [-0.05, 0) is 48.4 Å². The van der Waals surface area contributed by atoms with Gasteiger partial charge in [0.25, 0.3) is 0 Å². The van der Waals surface area contributed by atoms with Crippen molar-refractivity contribution in [3.8, 4) is 0 Å². The number of nitrogen functional groups attached to an aromatic ring is 1. The zero-order chi connectivity index (χ0) is 14.0. The van der Waals surface area contributed by atoms with Crippen molar-refractivity contribution in [2.75, 3.05) is 5.73 Å². The van der Waals surface area contributed by atoms with Crippen molar-refractivity contribution in [3.05, 3.63) is 59.2 Å². The van der Waals surface area contributed by atoms with Crippen LogP contribution in [0.5, 0.6) is 0 Å². The van der Waals surface area contributed by atoms with Gasteiger partial charge in [0, 0.05) is 10.6 Å². The zero-order valence-corrected chi connectivity index (χ0v) is 11.1. The minimum atomic E-state index is -1.46. The molecule has 0 saturated heterocycles. The summed E-state index contributed by atoms with van der Waals surface area (Å²) in [7, 11) is -1.46. The molecule has 1 atom stereocenters. The number of nitrogens with two attached hydrogens (primary N) is 1. The number of benzene rings is 2. The lowest BCUT2D eigenvalue weighted by molar-refractivity contribution is 0.622. The van der Waals surface area contributed by atoms with Crippen LogP contribution in [0.2, 0.25) is 0 Å². The topological polar surface area (TPSA) is 43.1 Å². The Balaban J connectivity index is 2.28. The minimum absolute atomic E-state index is 0.131. The number of hydrogen-bond acceptors (Lipinski definition) is 2. The van der Waals surface area contributed by atoms with Crippen LogP contribution in [-0.4, -0.2) is 4.21 Å². The molecule has 2 nitrogen and oxygen atoms in total. The molecule has 2 N–H and O–H groups in total. The molecule has 0 amide bonds. The van der Waals surface area contributed by atoms with E-state index in [2.05, 4.69) is 0 Å². The van der Waals surface area contributed by atoms with Crippen molar-refractivity contribution < 1.29 is 13.0 Å². The minimum Gasteiger partial charge on any atom is -0.399 e. The number of rotatable bonds is 3. The Morgan fingerprint density at radius 2 is 1.84 bits per heavy atom. The first kappa shape index (κ1) is 13.7. The van der Waals surface area contributed by atoms with E-state index in [-0.39, 0.29) is 17.3 Å². The van der Waals surface area contributed by atoms with E-state index in [0.717, 1.165) is 11.6 Å². The fourth-order valence-electron chi connectivity index (χ4n) is 1.74. The highest BCUT2D eigenvalue weighted by molar-refractivity contribution is 7.84. The molecule has 0 heterocycles. The van der Waals surface area contributed by atoms with E-state index in [1.54, 1.807) is 6.07 Å². The molecule has 19 heavy (non-hydrogen) atoms. The normalized spacial score (nSPS) is 12.4. The average Bonchev–Trinajstić information content (AvgIpc) is 2.32. The maximum absolute atomic E-state index is 13.2. The summed E-state index contributed by atoms with van der Waals surface area (Å²) in [5, 5.41) is 0. The Morgan fingerprint density at radius 1 is 1.11 bits per heavy atom. The molecule has 0 saturated carbocycles.